The Labute approximate surface area is 79.2 Å². The Morgan fingerprint density at radius 3 is 2.38 bits per heavy atom. The van der Waals surface area contributed by atoms with E-state index in [1.165, 1.54) is 6.92 Å². The second kappa shape index (κ2) is 9.64. The molecule has 4 nitrogen and oxygen atoms in total. The molecule has 0 bridgehead atoms. The molecule has 4 heteroatoms. The van der Waals surface area contributed by atoms with Gasteiger partial charge in [-0.2, -0.15) is 0 Å². The van der Waals surface area contributed by atoms with Crippen LogP contribution in [0.4, 0.5) is 0 Å². The van der Waals surface area contributed by atoms with E-state index in [1.807, 2.05) is 0 Å². The highest BCUT2D eigenvalue weighted by Gasteiger charge is 1.93. The predicted octanol–water partition coefficient (Wildman–Crippen LogP) is 0.645. The number of hydrogen-bond donors (Lipinski definition) is 0. The van der Waals surface area contributed by atoms with Gasteiger partial charge in [0.15, 0.2) is 5.78 Å². The van der Waals surface area contributed by atoms with Crippen molar-refractivity contribution in [2.24, 2.45) is 0 Å². The van der Waals surface area contributed by atoms with Gasteiger partial charge in [0.2, 0.25) is 0 Å². The summed E-state index contributed by atoms with van der Waals surface area (Å²) in [7, 11) is 1.66. The van der Waals surface area contributed by atoms with Gasteiger partial charge in [-0.05, 0) is 13.3 Å². The van der Waals surface area contributed by atoms with Crippen molar-refractivity contribution < 1.29 is 19.0 Å². The molecule has 0 heterocycles. The predicted molar refractivity (Wildman–Crippen MR) is 48.8 cm³/mol. The van der Waals surface area contributed by atoms with Crippen LogP contribution in [-0.4, -0.2) is 45.9 Å². The standard InChI is InChI=1S/C9H18O4/c1-9(10)8-13-7-6-12-5-3-4-11-2/h3-8H2,1-2H3. The maximum absolute atomic E-state index is 10.4. The zero-order valence-corrected chi connectivity index (χ0v) is 8.38. The largest absolute Gasteiger partial charge is 0.385 e. The maximum Gasteiger partial charge on any atom is 0.155 e. The second-order valence-electron chi connectivity index (χ2n) is 2.71. The van der Waals surface area contributed by atoms with Crippen LogP contribution in [0.15, 0.2) is 0 Å². The van der Waals surface area contributed by atoms with Crippen LogP contribution < -0.4 is 0 Å². The minimum atomic E-state index is 0.0411. The Balaban J connectivity index is 2.87. The summed E-state index contributed by atoms with van der Waals surface area (Å²) in [4.78, 5) is 10.4. The smallest absolute Gasteiger partial charge is 0.155 e. The van der Waals surface area contributed by atoms with E-state index in [9.17, 15) is 4.79 Å². The van der Waals surface area contributed by atoms with Crippen LogP contribution in [0.2, 0.25) is 0 Å². The molecule has 13 heavy (non-hydrogen) atoms. The summed E-state index contributed by atoms with van der Waals surface area (Å²) < 4.78 is 15.0. The average Bonchev–Trinajstić information content (AvgIpc) is 2.09. The fraction of sp³-hybridized carbons (Fsp3) is 0.889. The van der Waals surface area contributed by atoms with Crippen molar-refractivity contribution in [3.8, 4) is 0 Å². The van der Waals surface area contributed by atoms with Gasteiger partial charge in [0.25, 0.3) is 0 Å². The summed E-state index contributed by atoms with van der Waals surface area (Å²) in [5.74, 6) is 0.0411. The molecule has 0 rings (SSSR count). The lowest BCUT2D eigenvalue weighted by molar-refractivity contribution is -0.121. The Morgan fingerprint density at radius 1 is 1.08 bits per heavy atom. The molecule has 0 fully saturated rings. The lowest BCUT2D eigenvalue weighted by Crippen LogP contribution is -2.10. The first kappa shape index (κ1) is 12.6. The fourth-order valence-electron chi connectivity index (χ4n) is 0.741. The maximum atomic E-state index is 10.4. The molecule has 0 aliphatic carbocycles. The first-order valence-electron chi connectivity index (χ1n) is 4.41. The molecule has 0 aliphatic rings. The summed E-state index contributed by atoms with van der Waals surface area (Å²) in [6, 6.07) is 0. The molecule has 0 radical (unpaired) electrons. The number of ether oxygens (including phenoxy) is 3. The van der Waals surface area contributed by atoms with Gasteiger partial charge >= 0.3 is 0 Å². The molecule has 0 unspecified atom stereocenters. The normalized spacial score (nSPS) is 10.3. The summed E-state index contributed by atoms with van der Waals surface area (Å²) in [6.45, 7) is 4.09. The number of rotatable bonds is 9. The van der Waals surface area contributed by atoms with Crippen LogP contribution in [0.1, 0.15) is 13.3 Å². The van der Waals surface area contributed by atoms with Crippen molar-refractivity contribution >= 4 is 5.78 Å². The van der Waals surface area contributed by atoms with Crippen LogP contribution in [0, 0.1) is 0 Å². The van der Waals surface area contributed by atoms with Crippen molar-refractivity contribution in [1.82, 2.24) is 0 Å². The van der Waals surface area contributed by atoms with Crippen LogP contribution in [0.3, 0.4) is 0 Å². The topological polar surface area (TPSA) is 44.8 Å². The quantitative estimate of drug-likeness (QED) is 0.501. The van der Waals surface area contributed by atoms with E-state index in [-0.39, 0.29) is 12.4 Å². The van der Waals surface area contributed by atoms with Crippen LogP contribution in [-0.2, 0) is 19.0 Å². The minimum Gasteiger partial charge on any atom is -0.385 e. The summed E-state index contributed by atoms with van der Waals surface area (Å²) in [5.41, 5.74) is 0. The van der Waals surface area contributed by atoms with Crippen molar-refractivity contribution in [3.05, 3.63) is 0 Å². The van der Waals surface area contributed by atoms with Crippen LogP contribution >= 0.6 is 0 Å². The van der Waals surface area contributed by atoms with Gasteiger partial charge in [0.05, 0.1) is 13.2 Å². The molecule has 0 atom stereocenters. The molecule has 0 aromatic carbocycles. The second-order valence-corrected chi connectivity index (χ2v) is 2.71. The molecule has 78 valence electrons. The Bertz CT molecular complexity index is 125. The van der Waals surface area contributed by atoms with E-state index in [0.29, 0.717) is 26.4 Å². The van der Waals surface area contributed by atoms with E-state index in [1.54, 1.807) is 7.11 Å². The third-order valence-electron chi connectivity index (χ3n) is 1.31. The summed E-state index contributed by atoms with van der Waals surface area (Å²) in [6.07, 6.45) is 0.892. The monoisotopic (exact) mass is 190 g/mol. The van der Waals surface area contributed by atoms with Gasteiger partial charge in [0.1, 0.15) is 6.61 Å². The molecular formula is C9H18O4. The highest BCUT2D eigenvalue weighted by molar-refractivity contribution is 5.76. The Hall–Kier alpha value is -0.450. The fourth-order valence-corrected chi connectivity index (χ4v) is 0.741. The number of hydrogen-bond acceptors (Lipinski definition) is 4. The number of carbonyl (C=O) groups excluding carboxylic acids is 1. The van der Waals surface area contributed by atoms with Gasteiger partial charge in [-0.3, -0.25) is 4.79 Å². The third kappa shape index (κ3) is 11.5. The third-order valence-corrected chi connectivity index (χ3v) is 1.31. The van der Waals surface area contributed by atoms with Gasteiger partial charge in [-0.1, -0.05) is 0 Å². The van der Waals surface area contributed by atoms with Gasteiger partial charge in [-0.25, -0.2) is 0 Å². The SMILES string of the molecule is COCCCOCCOCC(C)=O. The average molecular weight is 190 g/mol. The lowest BCUT2D eigenvalue weighted by Gasteiger charge is -2.03. The van der Waals surface area contributed by atoms with Crippen molar-refractivity contribution in [2.75, 3.05) is 40.1 Å². The molecule has 0 amide bonds. The van der Waals surface area contributed by atoms with Crippen molar-refractivity contribution in [1.29, 1.82) is 0 Å². The number of ketones is 1. The Kier molecular flexibility index (Phi) is 9.30. The Morgan fingerprint density at radius 2 is 1.77 bits per heavy atom. The molecule has 0 spiro atoms. The first-order chi connectivity index (χ1) is 6.27. The minimum absolute atomic E-state index is 0.0411. The number of methoxy groups -OCH3 is 1. The molecule has 0 N–H and O–H groups in total. The molecule has 0 aromatic heterocycles. The highest BCUT2D eigenvalue weighted by Crippen LogP contribution is 1.84. The van der Waals surface area contributed by atoms with Crippen LogP contribution in [0.5, 0.6) is 0 Å². The van der Waals surface area contributed by atoms with Crippen molar-refractivity contribution in [2.45, 2.75) is 13.3 Å². The van der Waals surface area contributed by atoms with Gasteiger partial charge < -0.3 is 14.2 Å². The van der Waals surface area contributed by atoms with Crippen molar-refractivity contribution in [3.63, 3.8) is 0 Å². The van der Waals surface area contributed by atoms with E-state index in [2.05, 4.69) is 0 Å². The summed E-state index contributed by atoms with van der Waals surface area (Å²) in [5, 5.41) is 0. The lowest BCUT2D eigenvalue weighted by atomic mass is 10.5. The van der Waals surface area contributed by atoms with Gasteiger partial charge in [0, 0.05) is 20.3 Å². The summed E-state index contributed by atoms with van der Waals surface area (Å²) >= 11 is 0. The molecule has 0 aromatic rings. The number of Topliss-reactive ketones (excluding diaryl/α,β-unsaturated/α-hetero) is 1. The van der Waals surface area contributed by atoms with Crippen LogP contribution in [0.25, 0.3) is 0 Å². The van der Waals surface area contributed by atoms with E-state index >= 15 is 0 Å². The van der Waals surface area contributed by atoms with E-state index in [4.69, 9.17) is 14.2 Å². The zero-order valence-electron chi connectivity index (χ0n) is 8.38. The molecule has 0 saturated heterocycles. The van der Waals surface area contributed by atoms with Gasteiger partial charge in [-0.15, -0.1) is 0 Å². The van der Waals surface area contributed by atoms with E-state index < -0.39 is 0 Å². The first-order valence-corrected chi connectivity index (χ1v) is 4.41. The zero-order chi connectivity index (χ0) is 9.94. The van der Waals surface area contributed by atoms with E-state index in [0.717, 1.165) is 6.42 Å². The molecular weight excluding hydrogens is 172 g/mol. The highest BCUT2D eigenvalue weighted by atomic mass is 16.5. The molecule has 0 aliphatic heterocycles. The molecule has 0 saturated carbocycles. The number of carbonyl (C=O) groups is 1.